The van der Waals surface area contributed by atoms with Gasteiger partial charge in [-0.2, -0.15) is 0 Å². The molecular formula is C13H16Cl2N2O2. The predicted octanol–water partition coefficient (Wildman–Crippen LogP) is 2.48. The molecule has 6 heteroatoms. The normalized spacial score (nSPS) is 11.8. The maximum absolute atomic E-state index is 12.0. The number of benzene rings is 1. The number of hydrogen-bond donors (Lipinski definition) is 1. The van der Waals surface area contributed by atoms with Crippen LogP contribution in [0.15, 0.2) is 18.2 Å². The molecule has 0 aliphatic carbocycles. The van der Waals surface area contributed by atoms with Crippen LogP contribution in [0.25, 0.3) is 0 Å². The molecular weight excluding hydrogens is 287 g/mol. The second-order valence-electron chi connectivity index (χ2n) is 4.36. The van der Waals surface area contributed by atoms with Crippen molar-refractivity contribution < 1.29 is 9.59 Å². The van der Waals surface area contributed by atoms with Crippen LogP contribution in [0.4, 0.5) is 0 Å². The van der Waals surface area contributed by atoms with Gasteiger partial charge in [0.05, 0.1) is 10.0 Å². The van der Waals surface area contributed by atoms with Crippen LogP contribution in [0.2, 0.25) is 10.0 Å². The lowest BCUT2D eigenvalue weighted by atomic mass is 10.2. The fourth-order valence-electron chi connectivity index (χ4n) is 1.69. The lowest BCUT2D eigenvalue weighted by Crippen LogP contribution is -2.44. The van der Waals surface area contributed by atoms with E-state index in [0.29, 0.717) is 16.6 Å². The molecule has 1 atom stereocenters. The summed E-state index contributed by atoms with van der Waals surface area (Å²) in [7, 11) is 1.67. The zero-order valence-electron chi connectivity index (χ0n) is 11.0. The van der Waals surface area contributed by atoms with Gasteiger partial charge >= 0.3 is 0 Å². The minimum absolute atomic E-state index is 0.165. The molecule has 4 nitrogen and oxygen atoms in total. The second-order valence-corrected chi connectivity index (χ2v) is 5.18. The van der Waals surface area contributed by atoms with Crippen molar-refractivity contribution in [2.45, 2.75) is 26.4 Å². The summed E-state index contributed by atoms with van der Waals surface area (Å²) in [6, 6.07) is 4.66. The molecule has 19 heavy (non-hydrogen) atoms. The van der Waals surface area contributed by atoms with Crippen molar-refractivity contribution >= 4 is 35.0 Å². The number of amides is 2. The van der Waals surface area contributed by atoms with Gasteiger partial charge in [0.25, 0.3) is 0 Å². The summed E-state index contributed by atoms with van der Waals surface area (Å²) in [5, 5.41) is 3.48. The molecule has 1 aromatic carbocycles. The monoisotopic (exact) mass is 302 g/mol. The maximum atomic E-state index is 12.0. The third-order valence-corrected chi connectivity index (χ3v) is 3.31. The van der Waals surface area contributed by atoms with Crippen LogP contribution in [0, 0.1) is 0 Å². The Bertz CT molecular complexity index is 492. The number of carbonyl (C=O) groups is 2. The summed E-state index contributed by atoms with van der Waals surface area (Å²) in [4.78, 5) is 24.4. The number of nitrogens with one attached hydrogen (secondary N) is 1. The molecule has 2 amide bonds. The highest BCUT2D eigenvalue weighted by Gasteiger charge is 2.18. The molecule has 1 unspecified atom stereocenters. The first kappa shape index (κ1) is 15.8. The Hall–Kier alpha value is -1.26. The standard InChI is InChI=1S/C13H16Cl2N2O2/c1-8(16-9(2)18)13(19)17(3)7-10-4-5-11(14)12(15)6-10/h4-6,8H,7H2,1-3H3,(H,16,18). The Morgan fingerprint density at radius 2 is 1.95 bits per heavy atom. The number of likely N-dealkylation sites (N-methyl/N-ethyl adjacent to an activating group) is 1. The van der Waals surface area contributed by atoms with Gasteiger partial charge in [0, 0.05) is 20.5 Å². The highest BCUT2D eigenvalue weighted by Crippen LogP contribution is 2.23. The number of nitrogens with zero attached hydrogens (tertiary/aromatic N) is 1. The van der Waals surface area contributed by atoms with E-state index in [1.54, 1.807) is 32.2 Å². The largest absolute Gasteiger partial charge is 0.345 e. The average molecular weight is 303 g/mol. The zero-order chi connectivity index (χ0) is 14.6. The van der Waals surface area contributed by atoms with Gasteiger partial charge in [-0.05, 0) is 24.6 Å². The van der Waals surface area contributed by atoms with E-state index in [-0.39, 0.29) is 11.8 Å². The van der Waals surface area contributed by atoms with Gasteiger partial charge in [0.15, 0.2) is 0 Å². The second kappa shape index (κ2) is 6.78. The molecule has 0 radical (unpaired) electrons. The summed E-state index contributed by atoms with van der Waals surface area (Å²) in [6.45, 7) is 3.43. The number of hydrogen-bond acceptors (Lipinski definition) is 2. The first-order valence-electron chi connectivity index (χ1n) is 5.77. The van der Waals surface area contributed by atoms with E-state index < -0.39 is 6.04 Å². The van der Waals surface area contributed by atoms with Crippen molar-refractivity contribution in [3.63, 3.8) is 0 Å². The quantitative estimate of drug-likeness (QED) is 0.929. The van der Waals surface area contributed by atoms with Crippen molar-refractivity contribution in [3.05, 3.63) is 33.8 Å². The molecule has 0 saturated carbocycles. The summed E-state index contributed by atoms with van der Waals surface area (Å²) in [6.07, 6.45) is 0. The first-order chi connectivity index (χ1) is 8.81. The molecule has 0 aliphatic rings. The third-order valence-electron chi connectivity index (χ3n) is 2.57. The van der Waals surface area contributed by atoms with Crippen molar-refractivity contribution in [1.29, 1.82) is 0 Å². The van der Waals surface area contributed by atoms with E-state index in [1.165, 1.54) is 11.8 Å². The number of halogens is 2. The van der Waals surface area contributed by atoms with Crippen LogP contribution < -0.4 is 5.32 Å². The van der Waals surface area contributed by atoms with E-state index in [2.05, 4.69) is 5.32 Å². The smallest absolute Gasteiger partial charge is 0.244 e. The SMILES string of the molecule is CC(=O)NC(C)C(=O)N(C)Cc1ccc(Cl)c(Cl)c1. The van der Waals surface area contributed by atoms with Crippen molar-refractivity contribution in [2.75, 3.05) is 7.05 Å². The van der Waals surface area contributed by atoms with Gasteiger partial charge in [-0.25, -0.2) is 0 Å². The van der Waals surface area contributed by atoms with E-state index >= 15 is 0 Å². The molecule has 1 aromatic rings. The fraction of sp³-hybridized carbons (Fsp3) is 0.385. The molecule has 0 fully saturated rings. The zero-order valence-corrected chi connectivity index (χ0v) is 12.5. The number of carbonyl (C=O) groups excluding carboxylic acids is 2. The number of rotatable bonds is 4. The maximum Gasteiger partial charge on any atom is 0.244 e. The highest BCUT2D eigenvalue weighted by molar-refractivity contribution is 6.42. The van der Waals surface area contributed by atoms with Gasteiger partial charge in [-0.15, -0.1) is 0 Å². The van der Waals surface area contributed by atoms with Gasteiger partial charge in [0.2, 0.25) is 11.8 Å². The van der Waals surface area contributed by atoms with Crippen LogP contribution in [-0.2, 0) is 16.1 Å². The topological polar surface area (TPSA) is 49.4 Å². The van der Waals surface area contributed by atoms with Crippen molar-refractivity contribution in [1.82, 2.24) is 10.2 Å². The van der Waals surface area contributed by atoms with Gasteiger partial charge in [-0.1, -0.05) is 29.3 Å². The van der Waals surface area contributed by atoms with E-state index in [0.717, 1.165) is 5.56 Å². The molecule has 104 valence electrons. The molecule has 0 heterocycles. The Kier molecular flexibility index (Phi) is 5.63. The summed E-state index contributed by atoms with van der Waals surface area (Å²) < 4.78 is 0. The lowest BCUT2D eigenvalue weighted by molar-refractivity contribution is -0.134. The van der Waals surface area contributed by atoms with Crippen LogP contribution in [-0.4, -0.2) is 29.8 Å². The summed E-state index contributed by atoms with van der Waals surface area (Å²) in [5.74, 6) is -0.398. The predicted molar refractivity (Wildman–Crippen MR) is 76.2 cm³/mol. The van der Waals surface area contributed by atoms with E-state index in [1.807, 2.05) is 0 Å². The molecule has 0 saturated heterocycles. The van der Waals surface area contributed by atoms with Gasteiger partial charge < -0.3 is 10.2 Å². The van der Waals surface area contributed by atoms with Crippen LogP contribution >= 0.6 is 23.2 Å². The minimum atomic E-state index is -0.551. The van der Waals surface area contributed by atoms with Crippen molar-refractivity contribution in [3.8, 4) is 0 Å². The Balaban J connectivity index is 2.68. The molecule has 0 bridgehead atoms. The lowest BCUT2D eigenvalue weighted by Gasteiger charge is -2.22. The van der Waals surface area contributed by atoms with Gasteiger partial charge in [0.1, 0.15) is 6.04 Å². The Morgan fingerprint density at radius 1 is 1.32 bits per heavy atom. The highest BCUT2D eigenvalue weighted by atomic mass is 35.5. The van der Waals surface area contributed by atoms with Crippen molar-refractivity contribution in [2.24, 2.45) is 0 Å². The molecule has 0 aliphatic heterocycles. The molecule has 1 rings (SSSR count). The fourth-order valence-corrected chi connectivity index (χ4v) is 2.01. The molecule has 1 N–H and O–H groups in total. The molecule has 0 aromatic heterocycles. The molecule has 0 spiro atoms. The van der Waals surface area contributed by atoms with Crippen LogP contribution in [0.5, 0.6) is 0 Å². The summed E-state index contributed by atoms with van der Waals surface area (Å²) >= 11 is 11.7. The minimum Gasteiger partial charge on any atom is -0.345 e. The Morgan fingerprint density at radius 3 is 2.47 bits per heavy atom. The average Bonchev–Trinajstić information content (AvgIpc) is 2.32. The Labute approximate surface area is 122 Å². The summed E-state index contributed by atoms with van der Waals surface area (Å²) in [5.41, 5.74) is 0.875. The van der Waals surface area contributed by atoms with Gasteiger partial charge in [-0.3, -0.25) is 9.59 Å². The van der Waals surface area contributed by atoms with E-state index in [9.17, 15) is 9.59 Å². The van der Waals surface area contributed by atoms with E-state index in [4.69, 9.17) is 23.2 Å². The van der Waals surface area contributed by atoms with Crippen LogP contribution in [0.1, 0.15) is 19.4 Å². The third kappa shape index (κ3) is 4.73. The first-order valence-corrected chi connectivity index (χ1v) is 6.53. The van der Waals surface area contributed by atoms with Crippen LogP contribution in [0.3, 0.4) is 0 Å².